The lowest BCUT2D eigenvalue weighted by Crippen LogP contribution is -2.58. The third kappa shape index (κ3) is 3.95. The Hall–Kier alpha value is -1.70. The summed E-state index contributed by atoms with van der Waals surface area (Å²) in [6.45, 7) is 2.17. The standard InChI is InChI=1S/C13H20N2O3/c1-2-3-7-10-14-12(18)15-13(11(16)17)8-5-4-6-9-13/h4-10H2,1H3,(H,16,17)(H2,14,15,18). The van der Waals surface area contributed by atoms with Crippen LogP contribution >= 0.6 is 0 Å². The molecule has 0 aromatic carbocycles. The van der Waals surface area contributed by atoms with Crippen molar-refractivity contribution >= 4 is 12.0 Å². The van der Waals surface area contributed by atoms with Crippen LogP contribution in [0.15, 0.2) is 0 Å². The second-order valence-electron chi connectivity index (χ2n) is 4.51. The maximum absolute atomic E-state index is 11.7. The number of nitrogens with one attached hydrogen (secondary N) is 2. The van der Waals surface area contributed by atoms with Crippen molar-refractivity contribution in [1.82, 2.24) is 10.6 Å². The largest absolute Gasteiger partial charge is 0.480 e. The lowest BCUT2D eigenvalue weighted by atomic mass is 9.82. The van der Waals surface area contributed by atoms with Crippen LogP contribution < -0.4 is 10.6 Å². The Balaban J connectivity index is 2.47. The van der Waals surface area contributed by atoms with E-state index in [4.69, 9.17) is 0 Å². The first-order valence-electron chi connectivity index (χ1n) is 6.30. The zero-order valence-corrected chi connectivity index (χ0v) is 10.7. The van der Waals surface area contributed by atoms with Crippen molar-refractivity contribution in [3.8, 4) is 11.8 Å². The summed E-state index contributed by atoms with van der Waals surface area (Å²) in [6.07, 6.45) is 4.30. The lowest BCUT2D eigenvalue weighted by molar-refractivity contribution is -0.145. The molecule has 1 fully saturated rings. The number of aliphatic carboxylic acids is 1. The number of carboxylic acids is 1. The third-order valence-electron chi connectivity index (χ3n) is 3.18. The van der Waals surface area contributed by atoms with Crippen molar-refractivity contribution in [2.24, 2.45) is 0 Å². The first-order valence-corrected chi connectivity index (χ1v) is 6.30. The van der Waals surface area contributed by atoms with Crippen LogP contribution in [0.1, 0.15) is 45.4 Å². The van der Waals surface area contributed by atoms with Gasteiger partial charge >= 0.3 is 12.0 Å². The third-order valence-corrected chi connectivity index (χ3v) is 3.18. The molecule has 3 N–H and O–H groups in total. The number of amides is 2. The molecule has 1 saturated carbocycles. The molecule has 0 spiro atoms. The summed E-state index contributed by atoms with van der Waals surface area (Å²) in [5, 5.41) is 14.5. The Kier molecular flexibility index (Phi) is 5.50. The minimum Gasteiger partial charge on any atom is -0.480 e. The Morgan fingerprint density at radius 3 is 2.50 bits per heavy atom. The van der Waals surface area contributed by atoms with E-state index < -0.39 is 17.5 Å². The maximum atomic E-state index is 11.7. The molecular weight excluding hydrogens is 232 g/mol. The van der Waals surface area contributed by atoms with Crippen LogP contribution in [0.4, 0.5) is 4.79 Å². The highest BCUT2D eigenvalue weighted by atomic mass is 16.4. The van der Waals surface area contributed by atoms with Crippen molar-refractivity contribution in [2.45, 2.75) is 51.0 Å². The molecule has 0 aromatic rings. The van der Waals surface area contributed by atoms with Crippen molar-refractivity contribution in [1.29, 1.82) is 0 Å². The van der Waals surface area contributed by atoms with Crippen LogP contribution in [0.2, 0.25) is 0 Å². The Labute approximate surface area is 107 Å². The summed E-state index contributed by atoms with van der Waals surface area (Å²) in [7, 11) is 0. The van der Waals surface area contributed by atoms with E-state index in [1.165, 1.54) is 0 Å². The second-order valence-corrected chi connectivity index (χ2v) is 4.51. The van der Waals surface area contributed by atoms with Crippen LogP contribution in [-0.2, 0) is 4.79 Å². The molecule has 0 heterocycles. The highest BCUT2D eigenvalue weighted by molar-refractivity contribution is 5.86. The molecule has 2 amide bonds. The fraction of sp³-hybridized carbons (Fsp3) is 0.692. The van der Waals surface area contributed by atoms with E-state index in [1.807, 2.05) is 0 Å². The Morgan fingerprint density at radius 1 is 1.28 bits per heavy atom. The highest BCUT2D eigenvalue weighted by Gasteiger charge is 2.40. The van der Waals surface area contributed by atoms with Crippen molar-refractivity contribution in [2.75, 3.05) is 6.54 Å². The summed E-state index contributed by atoms with van der Waals surface area (Å²) in [4.78, 5) is 23.0. The molecule has 0 aromatic heterocycles. The summed E-state index contributed by atoms with van der Waals surface area (Å²) in [5.74, 6) is 4.62. The van der Waals surface area contributed by atoms with Crippen LogP contribution in [0, 0.1) is 11.8 Å². The minimum atomic E-state index is -1.08. The fourth-order valence-electron chi connectivity index (χ4n) is 2.17. The summed E-state index contributed by atoms with van der Waals surface area (Å²) in [5.41, 5.74) is -1.08. The number of hydrogen-bond acceptors (Lipinski definition) is 2. The minimum absolute atomic E-state index is 0.419. The number of carbonyl (C=O) groups is 2. The molecule has 0 saturated heterocycles. The van der Waals surface area contributed by atoms with E-state index in [2.05, 4.69) is 22.5 Å². The summed E-state index contributed by atoms with van der Waals surface area (Å²) < 4.78 is 0. The monoisotopic (exact) mass is 252 g/mol. The van der Waals surface area contributed by atoms with Gasteiger partial charge in [0.2, 0.25) is 0 Å². The first-order chi connectivity index (χ1) is 8.60. The SMILES string of the molecule is CC#CCCNC(=O)NC1(C(=O)O)CCCCC1. The van der Waals surface area contributed by atoms with Crippen LogP contribution in [0.3, 0.4) is 0 Å². The van der Waals surface area contributed by atoms with Gasteiger partial charge in [0.15, 0.2) is 0 Å². The average molecular weight is 252 g/mol. The molecule has 100 valence electrons. The Bertz CT molecular complexity index is 362. The number of carboxylic acid groups (broad SMARTS) is 1. The van der Waals surface area contributed by atoms with Crippen LogP contribution in [0.5, 0.6) is 0 Å². The number of urea groups is 1. The predicted octanol–water partition coefficient (Wildman–Crippen LogP) is 1.49. The van der Waals surface area contributed by atoms with Gasteiger partial charge in [0.25, 0.3) is 0 Å². The van der Waals surface area contributed by atoms with Crippen LogP contribution in [0.25, 0.3) is 0 Å². The molecule has 1 aliphatic carbocycles. The van der Waals surface area contributed by atoms with Gasteiger partial charge in [-0.2, -0.15) is 0 Å². The van der Waals surface area contributed by atoms with Gasteiger partial charge in [0.05, 0.1) is 0 Å². The van der Waals surface area contributed by atoms with E-state index in [9.17, 15) is 14.7 Å². The number of rotatable bonds is 4. The average Bonchev–Trinajstić information content (AvgIpc) is 2.35. The first kappa shape index (κ1) is 14.4. The van der Waals surface area contributed by atoms with Crippen molar-refractivity contribution in [3.63, 3.8) is 0 Å². The number of hydrogen-bond donors (Lipinski definition) is 3. The summed E-state index contributed by atoms with van der Waals surface area (Å²) in [6, 6.07) is -0.419. The van der Waals surface area contributed by atoms with Gasteiger partial charge in [-0.05, 0) is 19.8 Å². The molecule has 0 bridgehead atoms. The maximum Gasteiger partial charge on any atom is 0.329 e. The summed E-state index contributed by atoms with van der Waals surface area (Å²) >= 11 is 0. The molecule has 0 unspecified atom stereocenters. The second kappa shape index (κ2) is 6.90. The van der Waals surface area contributed by atoms with Gasteiger partial charge in [0, 0.05) is 13.0 Å². The number of carbonyl (C=O) groups excluding carboxylic acids is 1. The topological polar surface area (TPSA) is 78.4 Å². The van der Waals surface area contributed by atoms with Crippen LogP contribution in [-0.4, -0.2) is 29.2 Å². The van der Waals surface area contributed by atoms with Gasteiger partial charge in [-0.1, -0.05) is 19.3 Å². The molecule has 0 atom stereocenters. The molecule has 18 heavy (non-hydrogen) atoms. The quantitative estimate of drug-likeness (QED) is 0.524. The van der Waals surface area contributed by atoms with E-state index in [0.29, 0.717) is 25.8 Å². The zero-order valence-electron chi connectivity index (χ0n) is 10.7. The zero-order chi connectivity index (χ0) is 13.4. The smallest absolute Gasteiger partial charge is 0.329 e. The van der Waals surface area contributed by atoms with Gasteiger partial charge in [-0.15, -0.1) is 11.8 Å². The molecule has 0 aliphatic heterocycles. The van der Waals surface area contributed by atoms with Gasteiger partial charge < -0.3 is 15.7 Å². The van der Waals surface area contributed by atoms with E-state index >= 15 is 0 Å². The van der Waals surface area contributed by atoms with Gasteiger partial charge in [0.1, 0.15) is 5.54 Å². The molecule has 0 radical (unpaired) electrons. The van der Waals surface area contributed by atoms with Gasteiger partial charge in [-0.3, -0.25) is 0 Å². The molecular formula is C13H20N2O3. The van der Waals surface area contributed by atoms with E-state index in [1.54, 1.807) is 6.92 Å². The Morgan fingerprint density at radius 2 is 1.94 bits per heavy atom. The molecule has 5 heteroatoms. The molecule has 5 nitrogen and oxygen atoms in total. The molecule has 1 rings (SSSR count). The van der Waals surface area contributed by atoms with Crippen molar-refractivity contribution in [3.05, 3.63) is 0 Å². The predicted molar refractivity (Wildman–Crippen MR) is 68.1 cm³/mol. The van der Waals surface area contributed by atoms with Gasteiger partial charge in [-0.25, -0.2) is 9.59 Å². The van der Waals surface area contributed by atoms with E-state index in [-0.39, 0.29) is 0 Å². The van der Waals surface area contributed by atoms with E-state index in [0.717, 1.165) is 19.3 Å². The fourth-order valence-corrected chi connectivity index (χ4v) is 2.17. The molecule has 1 aliphatic rings. The highest BCUT2D eigenvalue weighted by Crippen LogP contribution is 2.28. The lowest BCUT2D eigenvalue weighted by Gasteiger charge is -2.33. The van der Waals surface area contributed by atoms with Crippen molar-refractivity contribution < 1.29 is 14.7 Å². The normalized spacial score (nSPS) is 17.2.